The average Bonchev–Trinajstić information content (AvgIpc) is 3.35. The minimum Gasteiger partial charge on any atom is -0.508 e. The molecule has 1 aliphatic rings. The van der Waals surface area contributed by atoms with Crippen LogP contribution in [0.5, 0.6) is 5.75 Å². The molecular weight excluding hydrogens is 504 g/mol. The number of aromatic hydroxyl groups is 1. The van der Waals surface area contributed by atoms with Crippen LogP contribution in [0.25, 0.3) is 0 Å². The van der Waals surface area contributed by atoms with Gasteiger partial charge in [0.1, 0.15) is 23.9 Å². The number of amides is 3. The molecule has 2 rings (SSSR count). The largest absolute Gasteiger partial charge is 0.508 e. The van der Waals surface area contributed by atoms with E-state index < -0.39 is 54.3 Å². The fourth-order valence-corrected chi connectivity index (χ4v) is 4.52. The zero-order valence-corrected chi connectivity index (χ0v) is 21.4. The van der Waals surface area contributed by atoms with Crippen molar-refractivity contribution in [3.63, 3.8) is 0 Å². The number of carboxylic acid groups (broad SMARTS) is 2. The summed E-state index contributed by atoms with van der Waals surface area (Å²) in [4.78, 5) is 63.0. The Morgan fingerprint density at radius 2 is 1.76 bits per heavy atom. The highest BCUT2D eigenvalue weighted by Gasteiger charge is 2.38. The number of nitrogens with zero attached hydrogens (tertiary/aromatic N) is 1. The first-order valence-corrected chi connectivity index (χ1v) is 13.3. The standard InChI is InChI=1S/C24H34N4O8S/c1-37-12-10-16(25)23(34)28-11-2-3-19(28)22(33)27-18(13-14-4-6-15(29)7-5-14)21(32)26-17(24(35)36)8-9-20(30)31/h4-7,16-19,29H,2-3,8-13,25H2,1H3,(H,26,32)(H,27,33)(H,30,31)(H,35,36). The minimum atomic E-state index is -1.47. The number of nitrogens with two attached hydrogens (primary N) is 1. The van der Waals surface area contributed by atoms with E-state index in [-0.39, 0.29) is 24.5 Å². The SMILES string of the molecule is CSCCC(N)C(=O)N1CCCC1C(=O)NC(Cc1ccc(O)cc1)C(=O)NC(CCC(=O)O)C(=O)O. The van der Waals surface area contributed by atoms with Gasteiger partial charge in [0, 0.05) is 19.4 Å². The van der Waals surface area contributed by atoms with Crippen LogP contribution in [-0.2, 0) is 30.4 Å². The zero-order chi connectivity index (χ0) is 27.5. The number of phenolic OH excluding ortho intramolecular Hbond substituents is 1. The van der Waals surface area contributed by atoms with Gasteiger partial charge in [-0.2, -0.15) is 11.8 Å². The van der Waals surface area contributed by atoms with Gasteiger partial charge in [0.25, 0.3) is 0 Å². The van der Waals surface area contributed by atoms with Gasteiger partial charge in [-0.05, 0) is 55.4 Å². The molecule has 13 heteroatoms. The zero-order valence-electron chi connectivity index (χ0n) is 20.6. The molecule has 12 nitrogen and oxygen atoms in total. The molecule has 4 atom stereocenters. The molecule has 37 heavy (non-hydrogen) atoms. The Morgan fingerprint density at radius 1 is 1.08 bits per heavy atom. The van der Waals surface area contributed by atoms with Crippen LogP contribution >= 0.6 is 11.8 Å². The topological polar surface area (TPSA) is 199 Å². The van der Waals surface area contributed by atoms with E-state index in [9.17, 15) is 34.2 Å². The van der Waals surface area contributed by atoms with Gasteiger partial charge >= 0.3 is 11.9 Å². The first-order chi connectivity index (χ1) is 17.5. The molecule has 1 fully saturated rings. The molecule has 1 saturated heterocycles. The van der Waals surface area contributed by atoms with Crippen molar-refractivity contribution in [3.8, 4) is 5.75 Å². The summed E-state index contributed by atoms with van der Waals surface area (Å²) < 4.78 is 0. The van der Waals surface area contributed by atoms with Crippen LogP contribution in [0.2, 0.25) is 0 Å². The van der Waals surface area contributed by atoms with Crippen molar-refractivity contribution in [2.75, 3.05) is 18.6 Å². The third-order valence-corrected chi connectivity index (χ3v) is 6.70. The molecule has 204 valence electrons. The van der Waals surface area contributed by atoms with E-state index >= 15 is 0 Å². The summed E-state index contributed by atoms with van der Waals surface area (Å²) in [7, 11) is 0. The fourth-order valence-electron chi connectivity index (χ4n) is 4.03. The minimum absolute atomic E-state index is 0.00585. The predicted molar refractivity (Wildman–Crippen MR) is 136 cm³/mol. The molecule has 7 N–H and O–H groups in total. The number of carboxylic acids is 2. The summed E-state index contributed by atoms with van der Waals surface area (Å²) in [6.07, 6.45) is 2.50. The molecule has 0 aromatic heterocycles. The molecule has 0 radical (unpaired) electrons. The maximum atomic E-state index is 13.2. The summed E-state index contributed by atoms with van der Waals surface area (Å²) in [6.45, 7) is 0.356. The van der Waals surface area contributed by atoms with Crippen molar-refractivity contribution in [1.82, 2.24) is 15.5 Å². The lowest BCUT2D eigenvalue weighted by Crippen LogP contribution is -2.57. The number of rotatable bonds is 14. The van der Waals surface area contributed by atoms with E-state index in [2.05, 4.69) is 10.6 Å². The number of nitrogens with one attached hydrogen (secondary N) is 2. The van der Waals surface area contributed by atoms with Crippen LogP contribution in [0, 0.1) is 0 Å². The summed E-state index contributed by atoms with van der Waals surface area (Å²) in [5.41, 5.74) is 6.60. The van der Waals surface area contributed by atoms with E-state index in [1.54, 1.807) is 23.9 Å². The first kappa shape index (κ1) is 29.9. The third kappa shape index (κ3) is 9.25. The first-order valence-electron chi connectivity index (χ1n) is 11.9. The molecule has 3 amide bonds. The van der Waals surface area contributed by atoms with Gasteiger partial charge in [0.2, 0.25) is 17.7 Å². The molecular formula is C24H34N4O8S. The Labute approximate surface area is 219 Å². The van der Waals surface area contributed by atoms with E-state index in [1.807, 2.05) is 6.26 Å². The highest BCUT2D eigenvalue weighted by Crippen LogP contribution is 2.20. The van der Waals surface area contributed by atoms with Crippen LogP contribution < -0.4 is 16.4 Å². The van der Waals surface area contributed by atoms with Crippen molar-refractivity contribution in [2.24, 2.45) is 5.73 Å². The second kappa shape index (κ2) is 14.4. The van der Waals surface area contributed by atoms with Crippen LogP contribution in [0.15, 0.2) is 24.3 Å². The van der Waals surface area contributed by atoms with E-state index in [0.717, 1.165) is 0 Å². The Morgan fingerprint density at radius 3 is 2.35 bits per heavy atom. The normalized spacial score (nSPS) is 17.5. The molecule has 4 unspecified atom stereocenters. The molecule has 0 spiro atoms. The van der Waals surface area contributed by atoms with Crippen molar-refractivity contribution in [2.45, 2.75) is 62.7 Å². The van der Waals surface area contributed by atoms with Crippen LogP contribution in [-0.4, -0.2) is 92.6 Å². The fraction of sp³-hybridized carbons (Fsp3) is 0.542. The van der Waals surface area contributed by atoms with Gasteiger partial charge < -0.3 is 36.6 Å². The Bertz CT molecular complexity index is 974. The molecule has 1 heterocycles. The van der Waals surface area contributed by atoms with E-state index in [4.69, 9.17) is 10.8 Å². The second-order valence-corrected chi connectivity index (χ2v) is 9.83. The van der Waals surface area contributed by atoms with Gasteiger partial charge in [-0.25, -0.2) is 4.79 Å². The molecule has 0 aliphatic carbocycles. The number of aliphatic carboxylic acids is 2. The van der Waals surface area contributed by atoms with Crippen molar-refractivity contribution in [1.29, 1.82) is 0 Å². The number of thioether (sulfide) groups is 1. The Hall–Kier alpha value is -3.32. The summed E-state index contributed by atoms with van der Waals surface area (Å²) in [6, 6.07) is 1.66. The number of carbonyl (C=O) groups excluding carboxylic acids is 3. The molecule has 0 saturated carbocycles. The van der Waals surface area contributed by atoms with Gasteiger partial charge in [0.15, 0.2) is 0 Å². The maximum absolute atomic E-state index is 13.2. The summed E-state index contributed by atoms with van der Waals surface area (Å²) >= 11 is 1.56. The lowest BCUT2D eigenvalue weighted by atomic mass is 10.0. The number of phenols is 1. The van der Waals surface area contributed by atoms with Crippen LogP contribution in [0.4, 0.5) is 0 Å². The molecule has 1 aromatic rings. The summed E-state index contributed by atoms with van der Waals surface area (Å²) in [5.74, 6) is -3.64. The lowest BCUT2D eigenvalue weighted by Gasteiger charge is -2.28. The van der Waals surface area contributed by atoms with E-state index in [0.29, 0.717) is 37.1 Å². The third-order valence-electron chi connectivity index (χ3n) is 6.06. The highest BCUT2D eigenvalue weighted by atomic mass is 32.2. The average molecular weight is 539 g/mol. The quantitative estimate of drug-likeness (QED) is 0.186. The van der Waals surface area contributed by atoms with Crippen molar-refractivity contribution < 1.29 is 39.3 Å². The van der Waals surface area contributed by atoms with Crippen molar-refractivity contribution >= 4 is 41.4 Å². The van der Waals surface area contributed by atoms with Gasteiger partial charge in [-0.1, -0.05) is 12.1 Å². The summed E-state index contributed by atoms with van der Waals surface area (Å²) in [5, 5.41) is 32.8. The number of benzene rings is 1. The Balaban J connectivity index is 2.19. The molecule has 0 bridgehead atoms. The van der Waals surface area contributed by atoms with Gasteiger partial charge in [-0.15, -0.1) is 0 Å². The number of hydrogen-bond donors (Lipinski definition) is 6. The lowest BCUT2D eigenvalue weighted by molar-refractivity contribution is -0.144. The molecule has 1 aromatic carbocycles. The number of hydrogen-bond acceptors (Lipinski definition) is 8. The van der Waals surface area contributed by atoms with Crippen LogP contribution in [0.1, 0.15) is 37.7 Å². The van der Waals surface area contributed by atoms with Crippen LogP contribution in [0.3, 0.4) is 0 Å². The predicted octanol–water partition coefficient (Wildman–Crippen LogP) is -0.0749. The monoisotopic (exact) mass is 538 g/mol. The Kier molecular flexibility index (Phi) is 11.7. The highest BCUT2D eigenvalue weighted by molar-refractivity contribution is 7.98. The smallest absolute Gasteiger partial charge is 0.326 e. The maximum Gasteiger partial charge on any atom is 0.326 e. The number of carbonyl (C=O) groups is 5. The number of likely N-dealkylation sites (tertiary alicyclic amines) is 1. The van der Waals surface area contributed by atoms with Crippen molar-refractivity contribution in [3.05, 3.63) is 29.8 Å². The second-order valence-electron chi connectivity index (χ2n) is 8.84. The van der Waals surface area contributed by atoms with Gasteiger partial charge in [0.05, 0.1) is 6.04 Å². The molecule has 1 aliphatic heterocycles. The van der Waals surface area contributed by atoms with E-state index in [1.165, 1.54) is 17.0 Å². The van der Waals surface area contributed by atoms with Gasteiger partial charge in [-0.3, -0.25) is 19.2 Å².